The molecule has 0 aromatic heterocycles. The molecule has 0 amide bonds. The molecule has 0 bridgehead atoms. The Hall–Kier alpha value is -1.73. The first-order valence-electron chi connectivity index (χ1n) is 6.16. The normalized spacial score (nSPS) is 13.2. The van der Waals surface area contributed by atoms with Crippen molar-refractivity contribution in [1.82, 2.24) is 0 Å². The van der Waals surface area contributed by atoms with Crippen LogP contribution in [0.15, 0.2) is 12.1 Å². The number of hydrogen-bond acceptors (Lipinski definition) is 2. The molecule has 2 nitrogen and oxygen atoms in total. The molecule has 0 fully saturated rings. The van der Waals surface area contributed by atoms with Gasteiger partial charge >= 0.3 is 18.3 Å². The summed E-state index contributed by atoms with van der Waals surface area (Å²) in [5, 5.41) is 0. The van der Waals surface area contributed by atoms with E-state index < -0.39 is 23.7 Å². The maximum absolute atomic E-state index is 12.8. The summed E-state index contributed by atoms with van der Waals surface area (Å²) in [5.74, 6) is -2.69. The van der Waals surface area contributed by atoms with Crippen molar-refractivity contribution in [2.24, 2.45) is 5.41 Å². The summed E-state index contributed by atoms with van der Waals surface area (Å²) in [4.78, 5) is 11.7. The zero-order chi connectivity index (χ0) is 17.5. The monoisotopic (exact) mass is 328 g/mol. The zero-order valence-electron chi connectivity index (χ0n) is 12.2. The molecule has 22 heavy (non-hydrogen) atoms. The van der Waals surface area contributed by atoms with Crippen molar-refractivity contribution in [1.29, 1.82) is 0 Å². The van der Waals surface area contributed by atoms with Crippen LogP contribution in [0, 0.1) is 26.2 Å². The highest BCUT2D eigenvalue weighted by molar-refractivity contribution is 5.81. The van der Waals surface area contributed by atoms with E-state index in [0.717, 1.165) is 0 Å². The van der Waals surface area contributed by atoms with Gasteiger partial charge in [0.2, 0.25) is 0 Å². The lowest BCUT2D eigenvalue weighted by molar-refractivity contribution is -0.323. The molecular formula is C14H14F6O2. The van der Waals surface area contributed by atoms with Gasteiger partial charge in [0.05, 0.1) is 0 Å². The average Bonchev–Trinajstić information content (AvgIpc) is 2.35. The van der Waals surface area contributed by atoms with Crippen LogP contribution in [0.25, 0.3) is 0 Å². The molecule has 1 aromatic carbocycles. The fourth-order valence-electron chi connectivity index (χ4n) is 1.67. The number of ether oxygens (including phenoxy) is 1. The lowest BCUT2D eigenvalue weighted by Gasteiger charge is -2.31. The third-order valence-electron chi connectivity index (χ3n) is 3.61. The van der Waals surface area contributed by atoms with Gasteiger partial charge in [-0.15, -0.1) is 0 Å². The molecule has 1 rings (SSSR count). The minimum absolute atomic E-state index is 0.226. The number of carbonyl (C=O) groups excluding carboxylic acids is 1. The number of benzene rings is 1. The first-order chi connectivity index (χ1) is 9.73. The molecule has 0 aliphatic rings. The molecule has 1 aromatic rings. The molecule has 0 saturated carbocycles. The third-order valence-corrected chi connectivity index (χ3v) is 3.61. The highest BCUT2D eigenvalue weighted by Crippen LogP contribution is 2.51. The van der Waals surface area contributed by atoms with E-state index in [0.29, 0.717) is 11.1 Å². The Balaban J connectivity index is 3.34. The summed E-state index contributed by atoms with van der Waals surface area (Å²) < 4.78 is 81.4. The van der Waals surface area contributed by atoms with Gasteiger partial charge in [-0.25, -0.2) is 0 Å². The highest BCUT2D eigenvalue weighted by Gasteiger charge is 2.73. The van der Waals surface area contributed by atoms with Crippen LogP contribution in [0.4, 0.5) is 26.3 Å². The van der Waals surface area contributed by atoms with Crippen LogP contribution >= 0.6 is 0 Å². The topological polar surface area (TPSA) is 26.3 Å². The summed E-state index contributed by atoms with van der Waals surface area (Å²) in [6.45, 7) is 4.24. The standard InChI is InChI=1S/C14H14F6O2/c1-7-5-6-8(2)10(9(7)3)22-11(21)12(4,13(15,16)17)14(18,19)20/h5-6H,1-4H3. The van der Waals surface area contributed by atoms with Crippen LogP contribution in [-0.2, 0) is 4.79 Å². The Morgan fingerprint density at radius 3 is 1.73 bits per heavy atom. The Kier molecular flexibility index (Phi) is 4.56. The minimum Gasteiger partial charge on any atom is -0.425 e. The van der Waals surface area contributed by atoms with E-state index in [-0.39, 0.29) is 18.2 Å². The zero-order valence-corrected chi connectivity index (χ0v) is 12.2. The molecule has 0 heterocycles. The molecule has 0 atom stereocenters. The molecular weight excluding hydrogens is 314 g/mol. The lowest BCUT2D eigenvalue weighted by atomic mass is 9.89. The molecule has 0 N–H and O–H groups in total. The maximum atomic E-state index is 12.8. The summed E-state index contributed by atoms with van der Waals surface area (Å²) in [5.41, 5.74) is -3.44. The molecule has 0 unspecified atom stereocenters. The predicted molar refractivity (Wildman–Crippen MR) is 66.5 cm³/mol. The van der Waals surface area contributed by atoms with Gasteiger partial charge in [0, 0.05) is 0 Å². The summed E-state index contributed by atoms with van der Waals surface area (Å²) in [6, 6.07) is 3.07. The number of esters is 1. The van der Waals surface area contributed by atoms with E-state index in [1.807, 2.05) is 0 Å². The molecule has 0 saturated heterocycles. The second-order valence-electron chi connectivity index (χ2n) is 5.16. The molecule has 0 aliphatic heterocycles. The van der Waals surface area contributed by atoms with E-state index in [4.69, 9.17) is 0 Å². The van der Waals surface area contributed by atoms with Crippen LogP contribution < -0.4 is 4.74 Å². The van der Waals surface area contributed by atoms with Gasteiger partial charge in [-0.05, 0) is 44.4 Å². The fraction of sp³-hybridized carbons (Fsp3) is 0.500. The maximum Gasteiger partial charge on any atom is 0.413 e. The van der Waals surface area contributed by atoms with Crippen molar-refractivity contribution in [2.75, 3.05) is 0 Å². The Morgan fingerprint density at radius 2 is 1.32 bits per heavy atom. The van der Waals surface area contributed by atoms with Gasteiger partial charge in [-0.3, -0.25) is 4.79 Å². The Morgan fingerprint density at radius 1 is 0.909 bits per heavy atom. The van der Waals surface area contributed by atoms with E-state index in [1.54, 1.807) is 13.0 Å². The van der Waals surface area contributed by atoms with Crippen molar-refractivity contribution in [3.05, 3.63) is 28.8 Å². The number of aryl methyl sites for hydroxylation is 2. The van der Waals surface area contributed by atoms with Crippen LogP contribution in [0.3, 0.4) is 0 Å². The number of alkyl halides is 6. The van der Waals surface area contributed by atoms with Crippen molar-refractivity contribution in [3.8, 4) is 5.75 Å². The molecule has 0 radical (unpaired) electrons. The summed E-state index contributed by atoms with van der Waals surface area (Å²) >= 11 is 0. The number of hydrogen-bond donors (Lipinski definition) is 0. The lowest BCUT2D eigenvalue weighted by Crippen LogP contribution is -2.55. The van der Waals surface area contributed by atoms with E-state index >= 15 is 0 Å². The van der Waals surface area contributed by atoms with Crippen LogP contribution in [0.5, 0.6) is 5.75 Å². The number of carbonyl (C=O) groups is 1. The second-order valence-corrected chi connectivity index (χ2v) is 5.16. The first kappa shape index (κ1) is 18.3. The SMILES string of the molecule is Cc1ccc(C)c(OC(=O)C(C)(C(F)(F)F)C(F)(F)F)c1C. The molecule has 0 aliphatic carbocycles. The molecule has 124 valence electrons. The molecule has 8 heteroatoms. The van der Waals surface area contributed by atoms with Gasteiger partial charge in [-0.2, -0.15) is 26.3 Å². The summed E-state index contributed by atoms with van der Waals surface area (Å²) in [6.07, 6.45) is -11.7. The number of halogens is 6. The summed E-state index contributed by atoms with van der Waals surface area (Å²) in [7, 11) is 0. The van der Waals surface area contributed by atoms with Crippen molar-refractivity contribution < 1.29 is 35.9 Å². The largest absolute Gasteiger partial charge is 0.425 e. The second kappa shape index (κ2) is 5.48. The van der Waals surface area contributed by atoms with Crippen molar-refractivity contribution in [3.63, 3.8) is 0 Å². The number of rotatable bonds is 2. The predicted octanol–water partition coefficient (Wildman–Crippen LogP) is 4.65. The highest BCUT2D eigenvalue weighted by atomic mass is 19.4. The van der Waals surface area contributed by atoms with Gasteiger partial charge in [0.15, 0.2) is 0 Å². The quantitative estimate of drug-likeness (QED) is 0.449. The van der Waals surface area contributed by atoms with Crippen molar-refractivity contribution >= 4 is 5.97 Å². The van der Waals surface area contributed by atoms with Crippen LogP contribution in [-0.4, -0.2) is 18.3 Å². The van der Waals surface area contributed by atoms with E-state index in [9.17, 15) is 31.1 Å². The average molecular weight is 328 g/mol. The Bertz CT molecular complexity index is 572. The minimum atomic E-state index is -5.83. The Labute approximate surface area is 123 Å². The van der Waals surface area contributed by atoms with Crippen LogP contribution in [0.1, 0.15) is 23.6 Å². The van der Waals surface area contributed by atoms with Gasteiger partial charge in [-0.1, -0.05) is 12.1 Å². The molecule has 0 spiro atoms. The van der Waals surface area contributed by atoms with Crippen LogP contribution in [0.2, 0.25) is 0 Å². The van der Waals surface area contributed by atoms with Crippen molar-refractivity contribution in [2.45, 2.75) is 40.0 Å². The fourth-order valence-corrected chi connectivity index (χ4v) is 1.67. The van der Waals surface area contributed by atoms with Gasteiger partial charge in [0.1, 0.15) is 5.75 Å². The third kappa shape index (κ3) is 2.91. The van der Waals surface area contributed by atoms with Gasteiger partial charge in [0.25, 0.3) is 5.41 Å². The van der Waals surface area contributed by atoms with E-state index in [2.05, 4.69) is 4.74 Å². The smallest absolute Gasteiger partial charge is 0.413 e. The first-order valence-corrected chi connectivity index (χ1v) is 6.16. The van der Waals surface area contributed by atoms with E-state index in [1.165, 1.54) is 19.9 Å². The van der Waals surface area contributed by atoms with Gasteiger partial charge < -0.3 is 4.74 Å².